The first-order valence-electron chi connectivity index (χ1n) is 17.0. The van der Waals surface area contributed by atoms with E-state index in [4.69, 9.17) is 0 Å². The Balaban J connectivity index is 1.28. The SMILES string of the molecule is CCCCc1ccc(-c2ccc(C(=O)NCCC(=O)N(C)C3C(=O)NCC(=O)NC(C(=O)O)Cc4cccc(c4)-c4cc3ccc4O)cc2)cc1. The number of aliphatic carboxylic acids is 1. The number of phenols is 1. The summed E-state index contributed by atoms with van der Waals surface area (Å²) in [5.74, 6) is -3.52. The van der Waals surface area contributed by atoms with Crippen LogP contribution >= 0.6 is 0 Å². The molecule has 1 heterocycles. The highest BCUT2D eigenvalue weighted by atomic mass is 16.4. The molecule has 11 nitrogen and oxygen atoms in total. The van der Waals surface area contributed by atoms with Gasteiger partial charge in [-0.15, -0.1) is 0 Å². The summed E-state index contributed by atoms with van der Waals surface area (Å²) in [7, 11) is 1.44. The van der Waals surface area contributed by atoms with Gasteiger partial charge in [0.25, 0.3) is 5.91 Å². The molecular formula is C40H42N4O7. The van der Waals surface area contributed by atoms with E-state index in [1.54, 1.807) is 42.5 Å². The summed E-state index contributed by atoms with van der Waals surface area (Å²) in [6, 6.07) is 24.6. The molecule has 4 aromatic rings. The Labute approximate surface area is 296 Å². The number of carbonyl (C=O) groups excluding carboxylic acids is 4. The molecule has 51 heavy (non-hydrogen) atoms. The molecular weight excluding hydrogens is 648 g/mol. The van der Waals surface area contributed by atoms with Crippen LogP contribution in [-0.4, -0.2) is 70.9 Å². The predicted octanol–water partition coefficient (Wildman–Crippen LogP) is 4.63. The minimum atomic E-state index is -1.26. The Hall–Kier alpha value is -5.97. The zero-order valence-corrected chi connectivity index (χ0v) is 28.6. The summed E-state index contributed by atoms with van der Waals surface area (Å²) >= 11 is 0. The number of nitrogens with zero attached hydrogens (tertiary/aromatic N) is 1. The summed E-state index contributed by atoms with van der Waals surface area (Å²) in [6.45, 7) is 1.65. The van der Waals surface area contributed by atoms with Gasteiger partial charge in [0, 0.05) is 37.6 Å². The first-order chi connectivity index (χ1) is 24.5. The van der Waals surface area contributed by atoms with Crippen LogP contribution in [0, 0.1) is 0 Å². The Morgan fingerprint density at radius 1 is 0.902 bits per heavy atom. The number of carbonyl (C=O) groups is 5. The number of carboxylic acids is 1. The maximum Gasteiger partial charge on any atom is 0.326 e. The molecule has 4 amide bonds. The second kappa shape index (κ2) is 16.6. The summed E-state index contributed by atoms with van der Waals surface area (Å²) in [5.41, 5.74) is 5.69. The van der Waals surface area contributed by atoms with Crippen molar-refractivity contribution in [3.8, 4) is 28.0 Å². The van der Waals surface area contributed by atoms with E-state index in [1.807, 2.05) is 12.1 Å². The lowest BCUT2D eigenvalue weighted by Gasteiger charge is -2.28. The number of nitrogens with one attached hydrogen (secondary N) is 3. The van der Waals surface area contributed by atoms with Gasteiger partial charge in [0.2, 0.25) is 17.7 Å². The summed E-state index contributed by atoms with van der Waals surface area (Å²) in [4.78, 5) is 65.8. The van der Waals surface area contributed by atoms with Crippen molar-refractivity contribution in [2.75, 3.05) is 20.1 Å². The topological polar surface area (TPSA) is 165 Å². The number of hydrogen-bond acceptors (Lipinski definition) is 6. The zero-order valence-electron chi connectivity index (χ0n) is 28.6. The highest BCUT2D eigenvalue weighted by Crippen LogP contribution is 2.34. The molecule has 0 aromatic heterocycles. The van der Waals surface area contributed by atoms with Crippen LogP contribution in [0.5, 0.6) is 5.75 Å². The van der Waals surface area contributed by atoms with E-state index in [0.717, 1.165) is 30.4 Å². The predicted molar refractivity (Wildman–Crippen MR) is 193 cm³/mol. The molecule has 1 aliphatic rings. The van der Waals surface area contributed by atoms with Crippen molar-refractivity contribution < 1.29 is 34.2 Å². The van der Waals surface area contributed by atoms with Crippen LogP contribution < -0.4 is 16.0 Å². The molecule has 2 unspecified atom stereocenters. The van der Waals surface area contributed by atoms with Gasteiger partial charge in [0.1, 0.15) is 17.8 Å². The lowest BCUT2D eigenvalue weighted by molar-refractivity contribution is -0.142. The van der Waals surface area contributed by atoms with E-state index in [1.165, 1.54) is 29.6 Å². The number of carboxylic acid groups (broad SMARTS) is 1. The first kappa shape index (κ1) is 36.3. The van der Waals surface area contributed by atoms with Crippen LogP contribution in [0.1, 0.15) is 59.3 Å². The molecule has 11 heteroatoms. The number of aromatic hydroxyl groups is 1. The number of rotatable bonds is 10. The molecule has 4 bridgehead atoms. The highest BCUT2D eigenvalue weighted by molar-refractivity contribution is 5.95. The number of amides is 4. The van der Waals surface area contributed by atoms with Crippen molar-refractivity contribution in [3.63, 3.8) is 0 Å². The Bertz CT molecular complexity index is 1910. The maximum atomic E-state index is 13.6. The molecule has 2 atom stereocenters. The summed E-state index contributed by atoms with van der Waals surface area (Å²) in [5, 5.41) is 28.2. The Kier molecular flexibility index (Phi) is 11.8. The Morgan fingerprint density at radius 2 is 1.61 bits per heavy atom. The van der Waals surface area contributed by atoms with Gasteiger partial charge in [-0.3, -0.25) is 19.2 Å². The fourth-order valence-corrected chi connectivity index (χ4v) is 6.08. The maximum absolute atomic E-state index is 13.6. The number of phenolic OH excluding ortho intramolecular Hbond substituents is 1. The minimum Gasteiger partial charge on any atom is -0.507 e. The van der Waals surface area contributed by atoms with Crippen molar-refractivity contribution in [1.29, 1.82) is 0 Å². The molecule has 0 fully saturated rings. The molecule has 0 radical (unpaired) electrons. The van der Waals surface area contributed by atoms with E-state index in [9.17, 15) is 34.2 Å². The van der Waals surface area contributed by atoms with E-state index < -0.39 is 42.3 Å². The van der Waals surface area contributed by atoms with Crippen LogP contribution in [0.3, 0.4) is 0 Å². The van der Waals surface area contributed by atoms with E-state index in [2.05, 4.69) is 47.1 Å². The molecule has 1 aliphatic heterocycles. The van der Waals surface area contributed by atoms with Gasteiger partial charge in [0.05, 0.1) is 6.54 Å². The largest absolute Gasteiger partial charge is 0.507 e. The number of benzene rings is 4. The minimum absolute atomic E-state index is 0.00389. The number of fused-ring (bicyclic) bond motifs is 5. The third-order valence-electron chi connectivity index (χ3n) is 8.98. The van der Waals surface area contributed by atoms with Crippen molar-refractivity contribution in [2.45, 2.75) is 51.1 Å². The van der Waals surface area contributed by atoms with Gasteiger partial charge in [0.15, 0.2) is 0 Å². The monoisotopic (exact) mass is 690 g/mol. The van der Waals surface area contributed by atoms with E-state index >= 15 is 0 Å². The van der Waals surface area contributed by atoms with Crippen LogP contribution in [0.4, 0.5) is 0 Å². The van der Waals surface area contributed by atoms with Crippen LogP contribution in [0.25, 0.3) is 22.3 Å². The molecule has 5 N–H and O–H groups in total. The average Bonchev–Trinajstić information content (AvgIpc) is 3.13. The van der Waals surface area contributed by atoms with Gasteiger partial charge in [-0.05, 0) is 70.5 Å². The number of aryl methyl sites for hydroxylation is 1. The normalized spacial score (nSPS) is 15.9. The molecule has 264 valence electrons. The fraction of sp³-hybridized carbons (Fsp3) is 0.275. The smallest absolute Gasteiger partial charge is 0.326 e. The van der Waals surface area contributed by atoms with Gasteiger partial charge in [-0.25, -0.2) is 4.79 Å². The second-order valence-corrected chi connectivity index (χ2v) is 12.6. The number of unbranched alkanes of at least 4 members (excludes halogenated alkanes) is 1. The first-order valence-corrected chi connectivity index (χ1v) is 17.0. The van der Waals surface area contributed by atoms with Gasteiger partial charge >= 0.3 is 5.97 Å². The lowest BCUT2D eigenvalue weighted by atomic mass is 9.94. The number of hydrogen-bond donors (Lipinski definition) is 5. The summed E-state index contributed by atoms with van der Waals surface area (Å²) in [6.07, 6.45) is 3.20. The standard InChI is InChI=1S/C40H42N4O7/c1-3-4-6-25-9-11-27(12-10-25)28-13-15-29(16-14-28)38(48)41-20-19-36(47)44(2)37-31-17-18-34(45)32(23-31)30-8-5-7-26(21-30)22-33(40(50)51)43-35(46)24-42-39(37)49/h5,7-18,21,23,33,37,45H,3-4,6,19-20,22,24H2,1-2H3,(H,41,48)(H,42,49)(H,43,46)(H,50,51). The summed E-state index contributed by atoms with van der Waals surface area (Å²) < 4.78 is 0. The fourth-order valence-electron chi connectivity index (χ4n) is 6.08. The van der Waals surface area contributed by atoms with Crippen LogP contribution in [0.15, 0.2) is 91.0 Å². The van der Waals surface area contributed by atoms with Crippen molar-refractivity contribution in [3.05, 3.63) is 113 Å². The molecule has 5 rings (SSSR count). The van der Waals surface area contributed by atoms with Crippen molar-refractivity contribution in [1.82, 2.24) is 20.9 Å². The van der Waals surface area contributed by atoms with Crippen molar-refractivity contribution >= 4 is 29.6 Å². The lowest BCUT2D eigenvalue weighted by Crippen LogP contribution is -2.49. The van der Waals surface area contributed by atoms with Crippen molar-refractivity contribution in [2.24, 2.45) is 0 Å². The van der Waals surface area contributed by atoms with Crippen LogP contribution in [0.2, 0.25) is 0 Å². The number of likely N-dealkylation sites (N-methyl/N-ethyl adjacent to an activating group) is 1. The molecule has 4 aromatic carbocycles. The third-order valence-corrected chi connectivity index (χ3v) is 8.98. The Morgan fingerprint density at radius 3 is 2.29 bits per heavy atom. The molecule has 0 saturated carbocycles. The molecule has 0 spiro atoms. The second-order valence-electron chi connectivity index (χ2n) is 12.6. The van der Waals surface area contributed by atoms with E-state index in [0.29, 0.717) is 27.8 Å². The van der Waals surface area contributed by atoms with Gasteiger partial charge in [-0.1, -0.05) is 80.1 Å². The van der Waals surface area contributed by atoms with Crippen LogP contribution in [-0.2, 0) is 32.0 Å². The quantitative estimate of drug-likeness (QED) is 0.162. The molecule has 0 saturated heterocycles. The average molecular weight is 691 g/mol. The zero-order chi connectivity index (χ0) is 36.5. The molecule has 0 aliphatic carbocycles. The van der Waals surface area contributed by atoms with E-state index in [-0.39, 0.29) is 31.0 Å². The third kappa shape index (κ3) is 9.18. The van der Waals surface area contributed by atoms with Gasteiger partial charge in [-0.2, -0.15) is 0 Å². The highest BCUT2D eigenvalue weighted by Gasteiger charge is 2.30. The van der Waals surface area contributed by atoms with Gasteiger partial charge < -0.3 is 31.1 Å².